The monoisotopic (exact) mass is 217 g/mol. The molecule has 1 unspecified atom stereocenters. The molecule has 82 valence electrons. The third kappa shape index (κ3) is 5.00. The van der Waals surface area contributed by atoms with E-state index in [0.29, 0.717) is 13.2 Å². The molecular formula is C10H19NO2S. The molecule has 1 atom stereocenters. The zero-order valence-corrected chi connectivity index (χ0v) is 9.48. The van der Waals surface area contributed by atoms with Crippen LogP contribution in [0, 0.1) is 0 Å². The summed E-state index contributed by atoms with van der Waals surface area (Å²) in [6, 6.07) is 0. The highest BCUT2D eigenvalue weighted by Crippen LogP contribution is 2.26. The van der Waals surface area contributed by atoms with Crippen LogP contribution in [0.5, 0.6) is 0 Å². The molecule has 4 heteroatoms. The maximum absolute atomic E-state index is 9.33. The van der Waals surface area contributed by atoms with Crippen LogP contribution in [0.4, 0.5) is 0 Å². The van der Waals surface area contributed by atoms with Gasteiger partial charge in [0.25, 0.3) is 0 Å². The lowest BCUT2D eigenvalue weighted by Crippen LogP contribution is -2.30. The van der Waals surface area contributed by atoms with Crippen LogP contribution in [0.3, 0.4) is 0 Å². The SMILES string of the molecule is COCC(O)CNCCC1=CCCS1. The molecule has 0 aromatic rings. The van der Waals surface area contributed by atoms with E-state index < -0.39 is 0 Å². The Kier molecular flexibility index (Phi) is 6.27. The molecule has 0 radical (unpaired) electrons. The zero-order chi connectivity index (χ0) is 10.2. The van der Waals surface area contributed by atoms with Gasteiger partial charge in [0.15, 0.2) is 0 Å². The first kappa shape index (κ1) is 12.0. The van der Waals surface area contributed by atoms with Crippen LogP contribution in [-0.2, 0) is 4.74 Å². The van der Waals surface area contributed by atoms with Crippen molar-refractivity contribution in [3.05, 3.63) is 11.0 Å². The second-order valence-electron chi connectivity index (χ2n) is 3.37. The molecule has 0 aliphatic carbocycles. The summed E-state index contributed by atoms with van der Waals surface area (Å²) in [4.78, 5) is 1.48. The van der Waals surface area contributed by atoms with Crippen molar-refractivity contribution in [1.82, 2.24) is 5.32 Å². The summed E-state index contributed by atoms with van der Waals surface area (Å²) in [6.45, 7) is 1.97. The predicted octanol–water partition coefficient (Wildman–Crippen LogP) is 0.994. The fraction of sp³-hybridized carbons (Fsp3) is 0.800. The quantitative estimate of drug-likeness (QED) is 0.624. The van der Waals surface area contributed by atoms with Crippen molar-refractivity contribution in [1.29, 1.82) is 0 Å². The predicted molar refractivity (Wildman–Crippen MR) is 60.5 cm³/mol. The average molecular weight is 217 g/mol. The lowest BCUT2D eigenvalue weighted by Gasteiger charge is -2.10. The van der Waals surface area contributed by atoms with Crippen molar-refractivity contribution in [2.45, 2.75) is 18.9 Å². The van der Waals surface area contributed by atoms with E-state index in [2.05, 4.69) is 11.4 Å². The molecule has 1 aliphatic rings. The normalized spacial score (nSPS) is 18.3. The maximum atomic E-state index is 9.33. The number of hydrogen-bond donors (Lipinski definition) is 2. The molecule has 14 heavy (non-hydrogen) atoms. The minimum absolute atomic E-state index is 0.384. The van der Waals surface area contributed by atoms with Gasteiger partial charge in [-0.2, -0.15) is 0 Å². The average Bonchev–Trinajstić information content (AvgIpc) is 2.65. The van der Waals surface area contributed by atoms with Gasteiger partial charge in [0.2, 0.25) is 0 Å². The topological polar surface area (TPSA) is 41.5 Å². The molecular weight excluding hydrogens is 198 g/mol. The molecule has 0 aromatic heterocycles. The van der Waals surface area contributed by atoms with E-state index >= 15 is 0 Å². The van der Waals surface area contributed by atoms with Gasteiger partial charge in [0.05, 0.1) is 12.7 Å². The number of rotatable bonds is 7. The van der Waals surface area contributed by atoms with E-state index in [1.54, 1.807) is 7.11 Å². The fourth-order valence-electron chi connectivity index (χ4n) is 1.37. The number of allylic oxidation sites excluding steroid dienone is 1. The Morgan fingerprint density at radius 2 is 2.57 bits per heavy atom. The van der Waals surface area contributed by atoms with Crippen molar-refractivity contribution in [2.75, 3.05) is 32.6 Å². The summed E-state index contributed by atoms with van der Waals surface area (Å²) >= 11 is 1.95. The largest absolute Gasteiger partial charge is 0.389 e. The Bertz CT molecular complexity index is 185. The van der Waals surface area contributed by atoms with Crippen LogP contribution in [0.1, 0.15) is 12.8 Å². The Morgan fingerprint density at radius 1 is 1.71 bits per heavy atom. The molecule has 3 nitrogen and oxygen atoms in total. The minimum Gasteiger partial charge on any atom is -0.389 e. The van der Waals surface area contributed by atoms with Crippen LogP contribution in [-0.4, -0.2) is 43.8 Å². The summed E-state index contributed by atoms with van der Waals surface area (Å²) < 4.78 is 4.83. The van der Waals surface area contributed by atoms with Crippen molar-refractivity contribution in [3.63, 3.8) is 0 Å². The molecule has 0 saturated carbocycles. The smallest absolute Gasteiger partial charge is 0.0897 e. The first-order chi connectivity index (χ1) is 6.83. The van der Waals surface area contributed by atoms with E-state index in [-0.39, 0.29) is 6.10 Å². The number of nitrogens with one attached hydrogen (secondary N) is 1. The number of thioether (sulfide) groups is 1. The van der Waals surface area contributed by atoms with Gasteiger partial charge in [-0.3, -0.25) is 0 Å². The molecule has 0 bridgehead atoms. The number of aliphatic hydroxyl groups excluding tert-OH is 1. The van der Waals surface area contributed by atoms with Crippen LogP contribution in [0.25, 0.3) is 0 Å². The van der Waals surface area contributed by atoms with Crippen molar-refractivity contribution in [3.8, 4) is 0 Å². The Balaban J connectivity index is 1.93. The standard InChI is InChI=1S/C10H19NO2S/c1-13-8-9(12)7-11-5-4-10-3-2-6-14-10/h3,9,11-12H,2,4-8H2,1H3. The molecule has 1 heterocycles. The number of methoxy groups -OCH3 is 1. The Labute approximate surface area is 89.9 Å². The molecule has 0 aromatic carbocycles. The number of aliphatic hydroxyl groups is 1. The Hall–Kier alpha value is -0.0300. The van der Waals surface area contributed by atoms with Crippen LogP contribution in [0.15, 0.2) is 11.0 Å². The molecule has 0 saturated heterocycles. The molecule has 0 amide bonds. The van der Waals surface area contributed by atoms with Gasteiger partial charge in [-0.05, 0) is 24.3 Å². The fourth-order valence-corrected chi connectivity index (χ4v) is 2.35. The third-order valence-corrected chi connectivity index (χ3v) is 3.25. The highest BCUT2D eigenvalue weighted by Gasteiger charge is 2.05. The van der Waals surface area contributed by atoms with Gasteiger partial charge in [-0.15, -0.1) is 11.8 Å². The summed E-state index contributed by atoms with van der Waals surface area (Å²) in [5, 5.41) is 12.5. The van der Waals surface area contributed by atoms with Crippen molar-refractivity contribution >= 4 is 11.8 Å². The van der Waals surface area contributed by atoms with E-state index in [4.69, 9.17) is 4.74 Å². The first-order valence-electron chi connectivity index (χ1n) is 5.02. The van der Waals surface area contributed by atoms with Crippen LogP contribution < -0.4 is 5.32 Å². The van der Waals surface area contributed by atoms with E-state index in [1.165, 1.54) is 17.1 Å². The van der Waals surface area contributed by atoms with Crippen molar-refractivity contribution < 1.29 is 9.84 Å². The second kappa shape index (κ2) is 7.29. The zero-order valence-electron chi connectivity index (χ0n) is 8.66. The van der Waals surface area contributed by atoms with E-state index in [9.17, 15) is 5.11 Å². The molecule has 1 rings (SSSR count). The molecule has 0 fully saturated rings. The van der Waals surface area contributed by atoms with E-state index in [0.717, 1.165) is 13.0 Å². The summed E-state index contributed by atoms with van der Waals surface area (Å²) in [7, 11) is 1.60. The molecule has 2 N–H and O–H groups in total. The highest BCUT2D eigenvalue weighted by atomic mass is 32.2. The molecule has 1 aliphatic heterocycles. The Morgan fingerprint density at radius 3 is 3.21 bits per heavy atom. The van der Waals surface area contributed by atoms with Gasteiger partial charge in [-0.1, -0.05) is 6.08 Å². The van der Waals surface area contributed by atoms with Gasteiger partial charge in [0, 0.05) is 19.4 Å². The molecule has 0 spiro atoms. The second-order valence-corrected chi connectivity index (χ2v) is 4.59. The van der Waals surface area contributed by atoms with Crippen LogP contribution >= 0.6 is 11.8 Å². The lowest BCUT2D eigenvalue weighted by molar-refractivity contribution is 0.0648. The number of ether oxygens (including phenoxy) is 1. The maximum Gasteiger partial charge on any atom is 0.0897 e. The van der Waals surface area contributed by atoms with E-state index in [1.807, 2.05) is 11.8 Å². The van der Waals surface area contributed by atoms with Crippen LogP contribution in [0.2, 0.25) is 0 Å². The highest BCUT2D eigenvalue weighted by molar-refractivity contribution is 8.03. The lowest BCUT2D eigenvalue weighted by atomic mass is 10.3. The summed E-state index contributed by atoms with van der Waals surface area (Å²) in [6.07, 6.45) is 4.22. The van der Waals surface area contributed by atoms with Gasteiger partial charge in [-0.25, -0.2) is 0 Å². The van der Waals surface area contributed by atoms with Gasteiger partial charge < -0.3 is 15.2 Å². The van der Waals surface area contributed by atoms with Gasteiger partial charge in [0.1, 0.15) is 0 Å². The summed E-state index contributed by atoms with van der Waals surface area (Å²) in [5.74, 6) is 1.24. The summed E-state index contributed by atoms with van der Waals surface area (Å²) in [5.41, 5.74) is 0. The third-order valence-electron chi connectivity index (χ3n) is 2.06. The van der Waals surface area contributed by atoms with Crippen molar-refractivity contribution in [2.24, 2.45) is 0 Å². The van der Waals surface area contributed by atoms with Gasteiger partial charge >= 0.3 is 0 Å². The number of hydrogen-bond acceptors (Lipinski definition) is 4. The first-order valence-corrected chi connectivity index (χ1v) is 6.01. The minimum atomic E-state index is -0.384.